The number of hydrogen-bond acceptors (Lipinski definition) is 5. The van der Waals surface area contributed by atoms with Crippen LogP contribution in [0.25, 0.3) is 11.0 Å². The number of ether oxygens (including phenoxy) is 2. The van der Waals surface area contributed by atoms with Gasteiger partial charge in [-0.2, -0.15) is 0 Å². The first-order valence-electron chi connectivity index (χ1n) is 7.09. The molecule has 6 heteroatoms. The van der Waals surface area contributed by atoms with Crippen molar-refractivity contribution in [3.63, 3.8) is 0 Å². The van der Waals surface area contributed by atoms with E-state index in [0.29, 0.717) is 16.7 Å². The summed E-state index contributed by atoms with van der Waals surface area (Å²) in [5.74, 6) is -0.950. The van der Waals surface area contributed by atoms with Gasteiger partial charge in [-0.25, -0.2) is 14.0 Å². The third-order valence-corrected chi connectivity index (χ3v) is 3.52. The van der Waals surface area contributed by atoms with Gasteiger partial charge in [0.15, 0.2) is 0 Å². The van der Waals surface area contributed by atoms with Gasteiger partial charge in [-0.3, -0.25) is 0 Å². The first kappa shape index (κ1) is 15.7. The maximum Gasteiger partial charge on any atom is 0.343 e. The van der Waals surface area contributed by atoms with Crippen molar-refractivity contribution < 1.29 is 27.9 Å². The molecule has 1 aromatic heterocycles. The highest BCUT2D eigenvalue weighted by molar-refractivity contribution is 6.05. The number of methoxy groups -OCH3 is 1. The number of furan rings is 1. The second-order valence-corrected chi connectivity index (χ2v) is 5.08. The predicted octanol–water partition coefficient (Wildman–Crippen LogP) is 3.89. The average molecular weight is 328 g/mol. The molecule has 1 heterocycles. The van der Waals surface area contributed by atoms with Gasteiger partial charge in [-0.05, 0) is 49.4 Å². The molecule has 0 amide bonds. The molecular weight excluding hydrogens is 315 g/mol. The summed E-state index contributed by atoms with van der Waals surface area (Å²) in [6.45, 7) is 1.65. The lowest BCUT2D eigenvalue weighted by Gasteiger charge is -2.05. The fourth-order valence-corrected chi connectivity index (χ4v) is 2.37. The summed E-state index contributed by atoms with van der Waals surface area (Å²) in [6.07, 6.45) is 0. The van der Waals surface area contributed by atoms with E-state index < -0.39 is 17.8 Å². The molecule has 0 aliphatic rings. The van der Waals surface area contributed by atoms with Crippen molar-refractivity contribution in [3.8, 4) is 5.75 Å². The summed E-state index contributed by atoms with van der Waals surface area (Å²) in [7, 11) is 1.28. The highest BCUT2D eigenvalue weighted by atomic mass is 19.1. The molecule has 0 atom stereocenters. The average Bonchev–Trinajstić information content (AvgIpc) is 2.90. The number of aryl methyl sites for hydroxylation is 1. The lowest BCUT2D eigenvalue weighted by atomic mass is 10.1. The number of esters is 2. The number of benzene rings is 2. The molecule has 5 nitrogen and oxygen atoms in total. The number of rotatable bonds is 3. The van der Waals surface area contributed by atoms with Crippen LogP contribution in [-0.2, 0) is 4.74 Å². The largest absolute Gasteiger partial charge is 0.465 e. The molecule has 0 radical (unpaired) electrons. The SMILES string of the molecule is COC(=O)c1c(C)oc2ccc(OC(=O)c3ccc(F)cc3)cc12. The molecule has 2 aromatic carbocycles. The Bertz CT molecular complexity index is 924. The first-order valence-corrected chi connectivity index (χ1v) is 7.09. The molecule has 0 spiro atoms. The van der Waals surface area contributed by atoms with Crippen LogP contribution < -0.4 is 4.74 Å². The second-order valence-electron chi connectivity index (χ2n) is 5.08. The van der Waals surface area contributed by atoms with Crippen LogP contribution in [0, 0.1) is 12.7 Å². The van der Waals surface area contributed by atoms with E-state index in [1.54, 1.807) is 19.1 Å². The summed E-state index contributed by atoms with van der Waals surface area (Å²) >= 11 is 0. The Balaban J connectivity index is 1.94. The summed E-state index contributed by atoms with van der Waals surface area (Å²) in [6, 6.07) is 9.69. The van der Waals surface area contributed by atoms with Crippen LogP contribution in [0.2, 0.25) is 0 Å². The quantitative estimate of drug-likeness (QED) is 0.539. The third-order valence-electron chi connectivity index (χ3n) is 3.52. The molecule has 24 heavy (non-hydrogen) atoms. The van der Waals surface area contributed by atoms with Gasteiger partial charge < -0.3 is 13.9 Å². The maximum atomic E-state index is 12.9. The summed E-state index contributed by atoms with van der Waals surface area (Å²) < 4.78 is 28.4. The van der Waals surface area contributed by atoms with E-state index >= 15 is 0 Å². The van der Waals surface area contributed by atoms with Crippen LogP contribution in [0.4, 0.5) is 4.39 Å². The van der Waals surface area contributed by atoms with Crippen molar-refractivity contribution in [3.05, 3.63) is 65.2 Å². The van der Waals surface area contributed by atoms with E-state index in [1.807, 2.05) is 0 Å². The van der Waals surface area contributed by atoms with Gasteiger partial charge in [0.05, 0.1) is 12.7 Å². The number of halogens is 1. The zero-order chi connectivity index (χ0) is 17.3. The monoisotopic (exact) mass is 328 g/mol. The minimum atomic E-state index is -0.630. The van der Waals surface area contributed by atoms with Crippen molar-refractivity contribution in [2.24, 2.45) is 0 Å². The van der Waals surface area contributed by atoms with Crippen LogP contribution in [0.5, 0.6) is 5.75 Å². The Morgan fingerprint density at radius 3 is 2.42 bits per heavy atom. The minimum Gasteiger partial charge on any atom is -0.465 e. The van der Waals surface area contributed by atoms with Crippen LogP contribution in [-0.4, -0.2) is 19.0 Å². The Hall–Kier alpha value is -3.15. The minimum absolute atomic E-state index is 0.216. The van der Waals surface area contributed by atoms with Crippen molar-refractivity contribution in [2.45, 2.75) is 6.92 Å². The summed E-state index contributed by atoms with van der Waals surface area (Å²) in [5.41, 5.74) is 0.981. The van der Waals surface area contributed by atoms with E-state index in [1.165, 1.54) is 37.4 Å². The number of carbonyl (C=O) groups is 2. The molecule has 0 saturated heterocycles. The lowest BCUT2D eigenvalue weighted by Crippen LogP contribution is -2.08. The molecule has 0 unspecified atom stereocenters. The second kappa shape index (κ2) is 6.16. The molecule has 0 N–H and O–H groups in total. The highest BCUT2D eigenvalue weighted by Gasteiger charge is 2.20. The molecule has 0 aliphatic carbocycles. The fourth-order valence-electron chi connectivity index (χ4n) is 2.37. The van der Waals surface area contributed by atoms with Gasteiger partial charge in [0.2, 0.25) is 0 Å². The number of hydrogen-bond donors (Lipinski definition) is 0. The zero-order valence-corrected chi connectivity index (χ0v) is 13.0. The number of carbonyl (C=O) groups excluding carboxylic acids is 2. The topological polar surface area (TPSA) is 65.7 Å². The molecule has 122 valence electrons. The Morgan fingerprint density at radius 2 is 1.75 bits per heavy atom. The van der Waals surface area contributed by atoms with Crippen LogP contribution in [0.3, 0.4) is 0 Å². The maximum absolute atomic E-state index is 12.9. The van der Waals surface area contributed by atoms with E-state index in [4.69, 9.17) is 13.9 Å². The van der Waals surface area contributed by atoms with Gasteiger partial charge in [0.25, 0.3) is 0 Å². The highest BCUT2D eigenvalue weighted by Crippen LogP contribution is 2.29. The fraction of sp³-hybridized carbons (Fsp3) is 0.111. The van der Waals surface area contributed by atoms with Gasteiger partial charge in [-0.15, -0.1) is 0 Å². The van der Waals surface area contributed by atoms with E-state index in [-0.39, 0.29) is 16.9 Å². The normalized spacial score (nSPS) is 10.6. The molecule has 0 saturated carbocycles. The third kappa shape index (κ3) is 2.86. The van der Waals surface area contributed by atoms with Gasteiger partial charge in [0, 0.05) is 5.39 Å². The molecule has 0 aliphatic heterocycles. The molecule has 3 aromatic rings. The van der Waals surface area contributed by atoms with Crippen molar-refractivity contribution in [1.82, 2.24) is 0 Å². The molecular formula is C18H13FO5. The van der Waals surface area contributed by atoms with E-state index in [9.17, 15) is 14.0 Å². The molecule has 3 rings (SSSR count). The lowest BCUT2D eigenvalue weighted by molar-refractivity contribution is 0.0600. The van der Waals surface area contributed by atoms with Crippen molar-refractivity contribution in [2.75, 3.05) is 7.11 Å². The zero-order valence-electron chi connectivity index (χ0n) is 13.0. The van der Waals surface area contributed by atoms with Crippen LogP contribution in [0.1, 0.15) is 26.5 Å². The Labute approximate surface area is 136 Å². The van der Waals surface area contributed by atoms with Crippen LogP contribution >= 0.6 is 0 Å². The molecule has 0 bridgehead atoms. The predicted molar refractivity (Wildman–Crippen MR) is 83.6 cm³/mol. The van der Waals surface area contributed by atoms with E-state index in [2.05, 4.69) is 0 Å². The Morgan fingerprint density at radius 1 is 1.04 bits per heavy atom. The number of fused-ring (bicyclic) bond motifs is 1. The smallest absolute Gasteiger partial charge is 0.343 e. The van der Waals surface area contributed by atoms with Crippen molar-refractivity contribution in [1.29, 1.82) is 0 Å². The van der Waals surface area contributed by atoms with E-state index in [0.717, 1.165) is 0 Å². The van der Waals surface area contributed by atoms with Gasteiger partial charge in [-0.1, -0.05) is 0 Å². The van der Waals surface area contributed by atoms with Crippen molar-refractivity contribution >= 4 is 22.9 Å². The Kier molecular flexibility index (Phi) is 4.04. The molecule has 0 fully saturated rings. The summed E-state index contributed by atoms with van der Waals surface area (Å²) in [5, 5.41) is 0.490. The van der Waals surface area contributed by atoms with Gasteiger partial charge >= 0.3 is 11.9 Å². The summed E-state index contributed by atoms with van der Waals surface area (Å²) in [4.78, 5) is 24.0. The first-order chi connectivity index (χ1) is 11.5. The standard InChI is InChI=1S/C18H13FO5/c1-10-16(18(21)22-2)14-9-13(7-8-15(14)23-10)24-17(20)11-3-5-12(19)6-4-11/h3-9H,1-2H3. The van der Waals surface area contributed by atoms with Crippen LogP contribution in [0.15, 0.2) is 46.9 Å². The van der Waals surface area contributed by atoms with Gasteiger partial charge in [0.1, 0.15) is 28.5 Å².